The van der Waals surface area contributed by atoms with Gasteiger partial charge in [0, 0.05) is 12.6 Å². The van der Waals surface area contributed by atoms with Gasteiger partial charge in [0.05, 0.1) is 12.7 Å². The molecule has 3 heteroatoms. The lowest BCUT2D eigenvalue weighted by molar-refractivity contribution is -0.0627. The third kappa shape index (κ3) is 4.51. The largest absolute Gasteiger partial charge is 0.497 e. The van der Waals surface area contributed by atoms with E-state index < -0.39 is 0 Å². The lowest BCUT2D eigenvalue weighted by Crippen LogP contribution is -2.44. The minimum Gasteiger partial charge on any atom is -0.497 e. The second-order valence-corrected chi connectivity index (χ2v) is 5.85. The second-order valence-electron chi connectivity index (χ2n) is 5.85. The molecule has 0 bridgehead atoms. The molecule has 0 saturated carbocycles. The summed E-state index contributed by atoms with van der Waals surface area (Å²) in [5.74, 6) is 0.919. The predicted molar refractivity (Wildman–Crippen MR) is 77.8 cm³/mol. The molecule has 106 valence electrons. The first-order valence-corrected chi connectivity index (χ1v) is 7.09. The summed E-state index contributed by atoms with van der Waals surface area (Å²) < 4.78 is 10.9. The standard InChI is InChI=1S/C16H25NO2/c1-16(2)12-14(9-11-19-16)17-10-8-13-4-6-15(18-3)7-5-13/h4-7,14,17H,8-12H2,1-3H3/t14-/m1/s1. The van der Waals surface area contributed by atoms with Crippen molar-refractivity contribution in [3.8, 4) is 5.75 Å². The molecule has 1 heterocycles. The van der Waals surface area contributed by atoms with Crippen LogP contribution in [0.15, 0.2) is 24.3 Å². The van der Waals surface area contributed by atoms with E-state index in [4.69, 9.17) is 9.47 Å². The van der Waals surface area contributed by atoms with Crippen LogP contribution in [0.2, 0.25) is 0 Å². The fourth-order valence-corrected chi connectivity index (χ4v) is 2.62. The Morgan fingerprint density at radius 2 is 2.05 bits per heavy atom. The molecule has 1 atom stereocenters. The fraction of sp³-hybridized carbons (Fsp3) is 0.625. The maximum atomic E-state index is 5.73. The van der Waals surface area contributed by atoms with E-state index in [-0.39, 0.29) is 5.60 Å². The van der Waals surface area contributed by atoms with Gasteiger partial charge in [-0.3, -0.25) is 0 Å². The van der Waals surface area contributed by atoms with E-state index in [1.165, 1.54) is 5.56 Å². The number of benzene rings is 1. The number of ether oxygens (including phenoxy) is 2. The van der Waals surface area contributed by atoms with E-state index in [0.717, 1.165) is 38.2 Å². The van der Waals surface area contributed by atoms with Crippen molar-refractivity contribution in [1.29, 1.82) is 0 Å². The molecule has 0 radical (unpaired) electrons. The van der Waals surface area contributed by atoms with Crippen molar-refractivity contribution < 1.29 is 9.47 Å². The van der Waals surface area contributed by atoms with E-state index in [0.29, 0.717) is 6.04 Å². The van der Waals surface area contributed by atoms with E-state index in [2.05, 4.69) is 31.3 Å². The average molecular weight is 263 g/mol. The lowest BCUT2D eigenvalue weighted by Gasteiger charge is -2.36. The van der Waals surface area contributed by atoms with E-state index in [1.807, 2.05) is 12.1 Å². The topological polar surface area (TPSA) is 30.5 Å². The summed E-state index contributed by atoms with van der Waals surface area (Å²) in [6.07, 6.45) is 3.27. The SMILES string of the molecule is COc1ccc(CCN[C@@H]2CCOC(C)(C)C2)cc1. The molecule has 1 saturated heterocycles. The van der Waals surface area contributed by atoms with Crippen LogP contribution in [0.4, 0.5) is 0 Å². The van der Waals surface area contributed by atoms with Gasteiger partial charge in [-0.25, -0.2) is 0 Å². The van der Waals surface area contributed by atoms with Gasteiger partial charge < -0.3 is 14.8 Å². The molecule has 0 unspecified atom stereocenters. The van der Waals surface area contributed by atoms with Crippen LogP contribution >= 0.6 is 0 Å². The molecule has 1 aromatic rings. The number of hydrogen-bond acceptors (Lipinski definition) is 3. The molecule has 2 rings (SSSR count). The smallest absolute Gasteiger partial charge is 0.118 e. The summed E-state index contributed by atoms with van der Waals surface area (Å²) in [6, 6.07) is 8.89. The lowest BCUT2D eigenvalue weighted by atomic mass is 9.94. The highest BCUT2D eigenvalue weighted by atomic mass is 16.5. The van der Waals surface area contributed by atoms with Gasteiger partial charge in [-0.15, -0.1) is 0 Å². The van der Waals surface area contributed by atoms with Gasteiger partial charge >= 0.3 is 0 Å². The number of methoxy groups -OCH3 is 1. The van der Waals surface area contributed by atoms with Gasteiger partial charge in [0.2, 0.25) is 0 Å². The molecule has 1 N–H and O–H groups in total. The van der Waals surface area contributed by atoms with Crippen molar-refractivity contribution in [3.05, 3.63) is 29.8 Å². The Hall–Kier alpha value is -1.06. The number of hydrogen-bond donors (Lipinski definition) is 1. The number of rotatable bonds is 5. The normalized spacial score (nSPS) is 22.2. The van der Waals surface area contributed by atoms with Crippen LogP contribution in [0, 0.1) is 0 Å². The first-order chi connectivity index (χ1) is 9.09. The monoisotopic (exact) mass is 263 g/mol. The molecule has 1 aliphatic heterocycles. The Balaban J connectivity index is 1.73. The molecule has 1 aromatic carbocycles. The summed E-state index contributed by atoms with van der Waals surface area (Å²) >= 11 is 0. The molecular weight excluding hydrogens is 238 g/mol. The molecular formula is C16H25NO2. The van der Waals surface area contributed by atoms with Crippen molar-refractivity contribution in [3.63, 3.8) is 0 Å². The van der Waals surface area contributed by atoms with E-state index in [1.54, 1.807) is 7.11 Å². The molecule has 0 aliphatic carbocycles. The molecule has 3 nitrogen and oxygen atoms in total. The van der Waals surface area contributed by atoms with Gasteiger partial charge in [-0.2, -0.15) is 0 Å². The molecule has 0 aromatic heterocycles. The van der Waals surface area contributed by atoms with Crippen molar-refractivity contribution in [2.75, 3.05) is 20.3 Å². The average Bonchev–Trinajstić information content (AvgIpc) is 2.38. The highest BCUT2D eigenvalue weighted by molar-refractivity contribution is 5.27. The summed E-state index contributed by atoms with van der Waals surface area (Å²) in [6.45, 7) is 6.23. The minimum absolute atomic E-state index is 0.0238. The number of nitrogens with one attached hydrogen (secondary N) is 1. The van der Waals surface area contributed by atoms with Gasteiger partial charge in [-0.1, -0.05) is 12.1 Å². The Bertz CT molecular complexity index is 386. The molecule has 1 aliphatic rings. The fourth-order valence-electron chi connectivity index (χ4n) is 2.62. The van der Waals surface area contributed by atoms with Crippen molar-refractivity contribution in [1.82, 2.24) is 5.32 Å². The highest BCUT2D eigenvalue weighted by Crippen LogP contribution is 2.23. The van der Waals surface area contributed by atoms with Crippen molar-refractivity contribution in [2.45, 2.75) is 44.8 Å². The molecule has 19 heavy (non-hydrogen) atoms. The zero-order chi connectivity index (χ0) is 13.7. The summed E-state index contributed by atoms with van der Waals surface area (Å²) in [7, 11) is 1.70. The second kappa shape index (κ2) is 6.40. The maximum absolute atomic E-state index is 5.73. The zero-order valence-corrected chi connectivity index (χ0v) is 12.2. The third-order valence-corrected chi connectivity index (χ3v) is 3.70. The van der Waals surface area contributed by atoms with Crippen LogP contribution in [0.3, 0.4) is 0 Å². The van der Waals surface area contributed by atoms with Crippen LogP contribution in [0.25, 0.3) is 0 Å². The van der Waals surface area contributed by atoms with E-state index in [9.17, 15) is 0 Å². The van der Waals surface area contributed by atoms with Gasteiger partial charge in [0.25, 0.3) is 0 Å². The highest BCUT2D eigenvalue weighted by Gasteiger charge is 2.28. The van der Waals surface area contributed by atoms with Crippen LogP contribution in [-0.4, -0.2) is 31.9 Å². The van der Waals surface area contributed by atoms with Crippen LogP contribution in [0.1, 0.15) is 32.3 Å². The van der Waals surface area contributed by atoms with E-state index >= 15 is 0 Å². The quantitative estimate of drug-likeness (QED) is 0.886. The van der Waals surface area contributed by atoms with Crippen LogP contribution in [-0.2, 0) is 11.2 Å². The minimum atomic E-state index is 0.0238. The Kier molecular flexibility index (Phi) is 4.83. The Morgan fingerprint density at radius 1 is 1.32 bits per heavy atom. The van der Waals surface area contributed by atoms with Crippen LogP contribution in [0.5, 0.6) is 5.75 Å². The Morgan fingerprint density at radius 3 is 2.68 bits per heavy atom. The molecule has 1 fully saturated rings. The van der Waals surface area contributed by atoms with Gasteiger partial charge in [-0.05, 0) is 57.4 Å². The maximum Gasteiger partial charge on any atom is 0.118 e. The predicted octanol–water partition coefficient (Wildman–Crippen LogP) is 2.78. The Labute approximate surface area is 116 Å². The summed E-state index contributed by atoms with van der Waals surface area (Å²) in [5, 5.41) is 3.64. The van der Waals surface area contributed by atoms with Gasteiger partial charge in [0.15, 0.2) is 0 Å². The summed E-state index contributed by atoms with van der Waals surface area (Å²) in [4.78, 5) is 0. The molecule has 0 spiro atoms. The first-order valence-electron chi connectivity index (χ1n) is 7.09. The first kappa shape index (κ1) is 14.4. The van der Waals surface area contributed by atoms with Crippen molar-refractivity contribution >= 4 is 0 Å². The zero-order valence-electron chi connectivity index (χ0n) is 12.2. The van der Waals surface area contributed by atoms with Crippen molar-refractivity contribution in [2.24, 2.45) is 0 Å². The van der Waals surface area contributed by atoms with Gasteiger partial charge in [0.1, 0.15) is 5.75 Å². The third-order valence-electron chi connectivity index (χ3n) is 3.70. The van der Waals surface area contributed by atoms with Crippen LogP contribution < -0.4 is 10.1 Å². The molecule has 0 amide bonds. The summed E-state index contributed by atoms with van der Waals surface area (Å²) in [5.41, 5.74) is 1.37.